The molecule has 0 aliphatic carbocycles. The average molecular weight is 277 g/mol. The van der Waals surface area contributed by atoms with Gasteiger partial charge in [0.25, 0.3) is 5.78 Å². The second-order valence-corrected chi connectivity index (χ2v) is 4.52. The molecule has 18 heavy (non-hydrogen) atoms. The molecule has 0 saturated heterocycles. The van der Waals surface area contributed by atoms with Gasteiger partial charge >= 0.3 is 6.18 Å². The van der Waals surface area contributed by atoms with Gasteiger partial charge in [0.2, 0.25) is 0 Å². The zero-order valence-corrected chi connectivity index (χ0v) is 10.9. The highest BCUT2D eigenvalue weighted by Gasteiger charge is 2.41. The van der Waals surface area contributed by atoms with Crippen molar-refractivity contribution in [3.63, 3.8) is 0 Å². The van der Waals surface area contributed by atoms with Crippen LogP contribution in [0.5, 0.6) is 0 Å². The number of alkyl halides is 3. The van der Waals surface area contributed by atoms with Crippen molar-refractivity contribution in [2.75, 3.05) is 13.1 Å². The monoisotopic (exact) mass is 277 g/mol. The van der Waals surface area contributed by atoms with Crippen LogP contribution in [0, 0.1) is 0 Å². The first-order valence-electron chi connectivity index (χ1n) is 5.51. The summed E-state index contributed by atoms with van der Waals surface area (Å²) >= 11 is 1.12. The minimum absolute atomic E-state index is 0.291. The molecule has 0 fully saturated rings. The molecule has 100 valence electrons. The molecule has 0 aliphatic rings. The molecule has 1 heterocycles. The number of halogens is 3. The number of carbonyl (C=O) groups excluding carboxylic acids is 1. The maximum absolute atomic E-state index is 12.5. The largest absolute Gasteiger partial charge is 0.454 e. The Morgan fingerprint density at radius 1 is 1.39 bits per heavy atom. The summed E-state index contributed by atoms with van der Waals surface area (Å²) < 4.78 is 37.6. The molecule has 0 aliphatic heterocycles. The Morgan fingerprint density at radius 3 is 2.39 bits per heavy atom. The minimum Gasteiger partial charge on any atom is -0.377 e. The van der Waals surface area contributed by atoms with Crippen molar-refractivity contribution in [1.29, 1.82) is 0 Å². The zero-order chi connectivity index (χ0) is 13.8. The fourth-order valence-electron chi connectivity index (χ4n) is 1.41. The molecule has 0 aromatic carbocycles. The number of allylic oxidation sites excluding steroid dienone is 1. The van der Waals surface area contributed by atoms with Crippen LogP contribution in [0.15, 0.2) is 23.7 Å². The molecule has 2 nitrogen and oxygen atoms in total. The van der Waals surface area contributed by atoms with Crippen LogP contribution in [0.4, 0.5) is 13.2 Å². The number of ketones is 1. The van der Waals surface area contributed by atoms with Crippen molar-refractivity contribution in [2.24, 2.45) is 0 Å². The highest BCUT2D eigenvalue weighted by Crippen LogP contribution is 2.29. The molecule has 0 N–H and O–H groups in total. The summed E-state index contributed by atoms with van der Waals surface area (Å²) in [7, 11) is 0. The lowest BCUT2D eigenvalue weighted by Crippen LogP contribution is -2.26. The number of hydrogen-bond acceptors (Lipinski definition) is 3. The summed E-state index contributed by atoms with van der Waals surface area (Å²) in [5.41, 5.74) is -0.291. The summed E-state index contributed by atoms with van der Waals surface area (Å²) in [6.45, 7) is 4.75. The van der Waals surface area contributed by atoms with E-state index in [1.807, 2.05) is 13.8 Å². The molecule has 0 spiro atoms. The van der Waals surface area contributed by atoms with Crippen molar-refractivity contribution in [1.82, 2.24) is 4.90 Å². The molecule has 0 saturated carbocycles. The quantitative estimate of drug-likeness (QED) is 0.767. The van der Waals surface area contributed by atoms with Gasteiger partial charge in [-0.05, 0) is 25.3 Å². The lowest BCUT2D eigenvalue weighted by Gasteiger charge is -2.18. The second kappa shape index (κ2) is 6.04. The Labute approximate surface area is 108 Å². The summed E-state index contributed by atoms with van der Waals surface area (Å²) in [6, 6.07) is 3.14. The van der Waals surface area contributed by atoms with Crippen molar-refractivity contribution in [3.8, 4) is 0 Å². The summed E-state index contributed by atoms with van der Waals surface area (Å²) in [4.78, 5) is 13.4. The second-order valence-electron chi connectivity index (χ2n) is 3.57. The van der Waals surface area contributed by atoms with E-state index >= 15 is 0 Å². The Balaban J connectivity index is 3.15. The van der Waals surface area contributed by atoms with Crippen molar-refractivity contribution >= 4 is 22.7 Å². The van der Waals surface area contributed by atoms with Gasteiger partial charge in [0.05, 0.1) is 5.57 Å². The predicted molar refractivity (Wildman–Crippen MR) is 66.3 cm³/mol. The van der Waals surface area contributed by atoms with Crippen molar-refractivity contribution in [2.45, 2.75) is 20.0 Å². The Morgan fingerprint density at radius 2 is 2.00 bits per heavy atom. The first kappa shape index (κ1) is 14.8. The van der Waals surface area contributed by atoms with Gasteiger partial charge in [-0.3, -0.25) is 4.79 Å². The Hall–Kier alpha value is -1.30. The molecule has 0 amide bonds. The van der Waals surface area contributed by atoms with Gasteiger partial charge < -0.3 is 4.90 Å². The fraction of sp³-hybridized carbons (Fsp3) is 0.417. The van der Waals surface area contributed by atoms with E-state index in [0.717, 1.165) is 11.3 Å². The third kappa shape index (κ3) is 3.60. The highest BCUT2D eigenvalue weighted by atomic mass is 32.1. The first-order valence-corrected chi connectivity index (χ1v) is 6.39. The van der Waals surface area contributed by atoms with Gasteiger partial charge in [-0.2, -0.15) is 13.2 Å². The first-order chi connectivity index (χ1) is 8.40. The number of nitrogens with zero attached hydrogens (tertiary/aromatic N) is 1. The third-order valence-electron chi connectivity index (χ3n) is 2.41. The van der Waals surface area contributed by atoms with E-state index < -0.39 is 12.0 Å². The van der Waals surface area contributed by atoms with Crippen molar-refractivity contribution < 1.29 is 18.0 Å². The summed E-state index contributed by atoms with van der Waals surface area (Å²) in [5, 5.41) is 1.65. The summed E-state index contributed by atoms with van der Waals surface area (Å²) in [6.07, 6.45) is -3.55. The van der Waals surface area contributed by atoms with Gasteiger partial charge in [-0.15, -0.1) is 11.3 Å². The van der Waals surface area contributed by atoms with Crippen LogP contribution >= 0.6 is 11.3 Å². The van der Waals surface area contributed by atoms with E-state index in [4.69, 9.17) is 0 Å². The van der Waals surface area contributed by atoms with E-state index in [1.54, 1.807) is 16.3 Å². The molecule has 0 unspecified atom stereocenters. The molecule has 6 heteroatoms. The van der Waals surface area contributed by atoms with Crippen LogP contribution in [-0.2, 0) is 4.79 Å². The smallest absolute Gasteiger partial charge is 0.377 e. The molecule has 0 radical (unpaired) electrons. The Kier molecular flexibility index (Phi) is 4.95. The van der Waals surface area contributed by atoms with Gasteiger partial charge in [0.15, 0.2) is 0 Å². The van der Waals surface area contributed by atoms with Crippen LogP contribution in [0.25, 0.3) is 5.57 Å². The molecule has 1 aromatic heterocycles. The maximum Gasteiger partial charge on any atom is 0.454 e. The number of Topliss-reactive ketones (excluding diaryl/α,β-unsaturated/α-hetero) is 1. The van der Waals surface area contributed by atoms with Crippen LogP contribution in [0.1, 0.15) is 18.7 Å². The average Bonchev–Trinajstić information content (AvgIpc) is 2.82. The van der Waals surface area contributed by atoms with Crippen LogP contribution < -0.4 is 0 Å². The summed E-state index contributed by atoms with van der Waals surface area (Å²) in [5.74, 6) is -1.79. The number of thiophene rings is 1. The van der Waals surface area contributed by atoms with E-state index in [-0.39, 0.29) is 5.57 Å². The fourth-order valence-corrected chi connectivity index (χ4v) is 2.14. The molecule has 0 bridgehead atoms. The van der Waals surface area contributed by atoms with Gasteiger partial charge in [-0.25, -0.2) is 0 Å². The minimum atomic E-state index is -4.84. The molecular formula is C12H14F3NOS. The topological polar surface area (TPSA) is 20.3 Å². The normalized spacial score (nSPS) is 12.6. The van der Waals surface area contributed by atoms with E-state index in [9.17, 15) is 18.0 Å². The lowest BCUT2D eigenvalue weighted by atomic mass is 10.1. The molecular weight excluding hydrogens is 263 g/mol. The van der Waals surface area contributed by atoms with Crippen LogP contribution in [-0.4, -0.2) is 29.9 Å². The predicted octanol–water partition coefficient (Wildman–Crippen LogP) is 3.56. The third-order valence-corrected chi connectivity index (χ3v) is 3.32. The zero-order valence-electron chi connectivity index (χ0n) is 10.1. The molecule has 1 aromatic rings. The van der Waals surface area contributed by atoms with Crippen molar-refractivity contribution in [3.05, 3.63) is 28.6 Å². The SMILES string of the molecule is CCN(/C=C(/C(=O)C(F)(F)F)c1cccs1)CC. The maximum atomic E-state index is 12.5. The number of carbonyl (C=O) groups is 1. The molecule has 1 rings (SSSR count). The number of hydrogen-bond donors (Lipinski definition) is 0. The van der Waals surface area contributed by atoms with Gasteiger partial charge in [-0.1, -0.05) is 6.07 Å². The highest BCUT2D eigenvalue weighted by molar-refractivity contribution is 7.11. The lowest BCUT2D eigenvalue weighted by molar-refractivity contribution is -0.164. The van der Waals surface area contributed by atoms with Crippen LogP contribution in [0.3, 0.4) is 0 Å². The molecule has 0 atom stereocenters. The van der Waals surface area contributed by atoms with Gasteiger partial charge in [0.1, 0.15) is 0 Å². The van der Waals surface area contributed by atoms with Gasteiger partial charge in [0, 0.05) is 24.2 Å². The van der Waals surface area contributed by atoms with E-state index in [2.05, 4.69) is 0 Å². The Bertz CT molecular complexity index is 419. The van der Waals surface area contributed by atoms with E-state index in [1.165, 1.54) is 12.3 Å². The standard InChI is InChI=1S/C12H14F3NOS/c1-3-16(4-2)8-9(10-6-5-7-18-10)11(17)12(13,14)15/h5-8H,3-4H2,1-2H3/b9-8+. The number of rotatable bonds is 5. The van der Waals surface area contributed by atoms with E-state index in [0.29, 0.717) is 18.0 Å². The van der Waals surface area contributed by atoms with Crippen LogP contribution in [0.2, 0.25) is 0 Å².